The molecule has 0 aliphatic heterocycles. The van der Waals surface area contributed by atoms with E-state index < -0.39 is 0 Å². The Morgan fingerprint density at radius 3 is 2.56 bits per heavy atom. The molecule has 0 aliphatic rings. The number of aryl methyl sites for hydroxylation is 1. The molecule has 0 saturated carbocycles. The van der Waals surface area contributed by atoms with Crippen molar-refractivity contribution in [2.24, 2.45) is 0 Å². The Hall–Kier alpha value is -2.53. The van der Waals surface area contributed by atoms with Gasteiger partial charge in [0.15, 0.2) is 0 Å². The molecule has 2 rings (SSSR count). The monoisotopic (exact) mass is 360 g/mol. The Labute approximate surface area is 152 Å². The lowest BCUT2D eigenvalue weighted by Crippen LogP contribution is -2.25. The number of carbonyl (C=O) groups excluding carboxylic acids is 2. The number of halogens is 1. The third kappa shape index (κ3) is 5.50. The molecule has 25 heavy (non-hydrogen) atoms. The Bertz CT molecular complexity index is 748. The van der Waals surface area contributed by atoms with E-state index in [9.17, 15) is 9.59 Å². The second-order valence-corrected chi connectivity index (χ2v) is 5.98. The summed E-state index contributed by atoms with van der Waals surface area (Å²) in [4.78, 5) is 24.0. The molecule has 6 heteroatoms. The largest absolute Gasteiger partial charge is 0.495 e. The molecule has 0 aliphatic carbocycles. The predicted octanol–water partition coefficient (Wildman–Crippen LogP) is 3.81. The van der Waals surface area contributed by atoms with Crippen LogP contribution < -0.4 is 15.4 Å². The van der Waals surface area contributed by atoms with E-state index in [1.54, 1.807) is 24.3 Å². The number of amides is 2. The van der Waals surface area contributed by atoms with Crippen molar-refractivity contribution in [3.05, 3.63) is 58.6 Å². The summed E-state index contributed by atoms with van der Waals surface area (Å²) >= 11 is 6.05. The van der Waals surface area contributed by atoms with Gasteiger partial charge in [0.2, 0.25) is 5.91 Å². The molecule has 0 radical (unpaired) electrons. The molecule has 0 saturated heterocycles. The number of carbonyl (C=O) groups is 2. The molecule has 2 N–H and O–H groups in total. The lowest BCUT2D eigenvalue weighted by atomic mass is 10.2. The first-order chi connectivity index (χ1) is 12.0. The molecule has 0 atom stereocenters. The summed E-state index contributed by atoms with van der Waals surface area (Å²) in [6, 6.07) is 12.4. The average molecular weight is 361 g/mol. The van der Waals surface area contributed by atoms with E-state index in [-0.39, 0.29) is 11.8 Å². The molecular formula is C19H21ClN2O3. The lowest BCUT2D eigenvalue weighted by molar-refractivity contribution is -0.116. The van der Waals surface area contributed by atoms with Crippen LogP contribution in [0.25, 0.3) is 0 Å². The van der Waals surface area contributed by atoms with Gasteiger partial charge in [0.05, 0.1) is 12.8 Å². The standard InChI is InChI=1S/C19H21ClN2O3/c1-13-11-16(17(25-2)12-15(13)20)22-18(23)9-6-10-21-19(24)14-7-4-3-5-8-14/h3-5,7-8,11-12H,6,9-10H2,1-2H3,(H,21,24)(H,22,23). The minimum Gasteiger partial charge on any atom is -0.495 e. The van der Waals surface area contributed by atoms with Crippen molar-refractivity contribution in [2.75, 3.05) is 19.0 Å². The highest BCUT2D eigenvalue weighted by Gasteiger charge is 2.10. The molecule has 5 nitrogen and oxygen atoms in total. The van der Waals surface area contributed by atoms with Crippen molar-refractivity contribution in [1.29, 1.82) is 0 Å². The van der Waals surface area contributed by atoms with Crippen LogP contribution >= 0.6 is 11.6 Å². The fourth-order valence-electron chi connectivity index (χ4n) is 2.28. The van der Waals surface area contributed by atoms with Crippen LogP contribution in [0.15, 0.2) is 42.5 Å². The summed E-state index contributed by atoms with van der Waals surface area (Å²) in [6.07, 6.45) is 0.833. The minimum absolute atomic E-state index is 0.143. The SMILES string of the molecule is COc1cc(Cl)c(C)cc1NC(=O)CCCNC(=O)c1ccccc1. The molecular weight excluding hydrogens is 340 g/mol. The zero-order chi connectivity index (χ0) is 18.2. The number of hydrogen-bond acceptors (Lipinski definition) is 3. The van der Waals surface area contributed by atoms with Crippen LogP contribution in [0.2, 0.25) is 5.02 Å². The second-order valence-electron chi connectivity index (χ2n) is 5.58. The van der Waals surface area contributed by atoms with Gasteiger partial charge in [-0.3, -0.25) is 9.59 Å². The van der Waals surface area contributed by atoms with Gasteiger partial charge in [0.25, 0.3) is 5.91 Å². The fourth-order valence-corrected chi connectivity index (χ4v) is 2.44. The van der Waals surface area contributed by atoms with E-state index >= 15 is 0 Å². The number of hydrogen-bond donors (Lipinski definition) is 2. The number of methoxy groups -OCH3 is 1. The maximum atomic E-state index is 12.1. The Morgan fingerprint density at radius 2 is 1.88 bits per heavy atom. The maximum Gasteiger partial charge on any atom is 0.251 e. The smallest absolute Gasteiger partial charge is 0.251 e. The third-order valence-electron chi connectivity index (χ3n) is 3.66. The van der Waals surface area contributed by atoms with E-state index in [4.69, 9.17) is 16.3 Å². The van der Waals surface area contributed by atoms with Gasteiger partial charge in [-0.25, -0.2) is 0 Å². The molecule has 0 fully saturated rings. The Balaban J connectivity index is 1.80. The predicted molar refractivity (Wildman–Crippen MR) is 99.4 cm³/mol. The van der Waals surface area contributed by atoms with Gasteiger partial charge >= 0.3 is 0 Å². The highest BCUT2D eigenvalue weighted by Crippen LogP contribution is 2.31. The quantitative estimate of drug-likeness (QED) is 0.738. The van der Waals surface area contributed by atoms with E-state index in [2.05, 4.69) is 10.6 Å². The van der Waals surface area contributed by atoms with Crippen LogP contribution in [0.5, 0.6) is 5.75 Å². The molecule has 0 unspecified atom stereocenters. The average Bonchev–Trinajstić information content (AvgIpc) is 2.62. The molecule has 0 bridgehead atoms. The molecule has 0 aromatic heterocycles. The van der Waals surface area contributed by atoms with Crippen LogP contribution in [-0.4, -0.2) is 25.5 Å². The van der Waals surface area contributed by atoms with Crippen LogP contribution in [0, 0.1) is 6.92 Å². The Morgan fingerprint density at radius 1 is 1.16 bits per heavy atom. The number of nitrogens with one attached hydrogen (secondary N) is 2. The third-order valence-corrected chi connectivity index (χ3v) is 4.06. The van der Waals surface area contributed by atoms with Crippen LogP contribution in [0.1, 0.15) is 28.8 Å². The molecule has 132 valence electrons. The summed E-state index contributed by atoms with van der Waals surface area (Å²) < 4.78 is 5.23. The zero-order valence-electron chi connectivity index (χ0n) is 14.3. The van der Waals surface area contributed by atoms with E-state index in [1.165, 1.54) is 7.11 Å². The van der Waals surface area contributed by atoms with E-state index in [0.717, 1.165) is 5.56 Å². The topological polar surface area (TPSA) is 67.4 Å². The van der Waals surface area contributed by atoms with Gasteiger partial charge in [-0.2, -0.15) is 0 Å². The van der Waals surface area contributed by atoms with Gasteiger partial charge in [-0.1, -0.05) is 29.8 Å². The van der Waals surface area contributed by atoms with Crippen molar-refractivity contribution in [2.45, 2.75) is 19.8 Å². The van der Waals surface area contributed by atoms with Gasteiger partial charge in [-0.15, -0.1) is 0 Å². The summed E-state index contributed by atoms with van der Waals surface area (Å²) in [5.74, 6) is 0.228. The number of benzene rings is 2. The fraction of sp³-hybridized carbons (Fsp3) is 0.263. The number of ether oxygens (including phenoxy) is 1. The van der Waals surface area contributed by atoms with Crippen molar-refractivity contribution in [1.82, 2.24) is 5.32 Å². The second kappa shape index (κ2) is 9.08. The maximum absolute atomic E-state index is 12.1. The van der Waals surface area contributed by atoms with E-state index in [1.807, 2.05) is 25.1 Å². The summed E-state index contributed by atoms with van der Waals surface area (Å²) in [5, 5.41) is 6.19. The normalized spacial score (nSPS) is 10.2. The minimum atomic E-state index is -0.144. The first kappa shape index (κ1) is 18.8. The lowest BCUT2D eigenvalue weighted by Gasteiger charge is -2.12. The molecule has 0 heterocycles. The van der Waals surface area contributed by atoms with Gasteiger partial charge < -0.3 is 15.4 Å². The highest BCUT2D eigenvalue weighted by atomic mass is 35.5. The van der Waals surface area contributed by atoms with Gasteiger partial charge in [0, 0.05) is 29.6 Å². The van der Waals surface area contributed by atoms with Crippen LogP contribution in [0.3, 0.4) is 0 Å². The molecule has 2 amide bonds. The van der Waals surface area contributed by atoms with Gasteiger partial charge in [0.1, 0.15) is 5.75 Å². The molecule has 2 aromatic rings. The van der Waals surface area contributed by atoms with Crippen molar-refractivity contribution >= 4 is 29.1 Å². The van der Waals surface area contributed by atoms with Crippen LogP contribution in [-0.2, 0) is 4.79 Å². The summed E-state index contributed by atoms with van der Waals surface area (Å²) in [5.41, 5.74) is 2.05. The van der Waals surface area contributed by atoms with Crippen molar-refractivity contribution < 1.29 is 14.3 Å². The van der Waals surface area contributed by atoms with Crippen molar-refractivity contribution in [3.8, 4) is 5.75 Å². The Kier molecular flexibility index (Phi) is 6.83. The molecule has 0 spiro atoms. The summed E-state index contributed by atoms with van der Waals surface area (Å²) in [6.45, 7) is 2.29. The van der Waals surface area contributed by atoms with Crippen LogP contribution in [0.4, 0.5) is 5.69 Å². The molecule has 2 aromatic carbocycles. The zero-order valence-corrected chi connectivity index (χ0v) is 15.0. The first-order valence-corrected chi connectivity index (χ1v) is 8.36. The number of rotatable bonds is 7. The van der Waals surface area contributed by atoms with E-state index in [0.29, 0.717) is 41.4 Å². The van der Waals surface area contributed by atoms with Crippen molar-refractivity contribution in [3.63, 3.8) is 0 Å². The first-order valence-electron chi connectivity index (χ1n) is 7.98. The highest BCUT2D eigenvalue weighted by molar-refractivity contribution is 6.31. The summed E-state index contributed by atoms with van der Waals surface area (Å²) in [7, 11) is 1.52. The number of anilines is 1. The van der Waals surface area contributed by atoms with Gasteiger partial charge in [-0.05, 0) is 37.1 Å².